The van der Waals surface area contributed by atoms with E-state index in [0.717, 1.165) is 17.9 Å². The Hall–Kier alpha value is -0.670. The molecule has 1 unspecified atom stereocenters. The van der Waals surface area contributed by atoms with Gasteiger partial charge in [0.1, 0.15) is 5.75 Å². The molecule has 1 N–H and O–H groups in total. The third kappa shape index (κ3) is 1.67. The fourth-order valence-electron chi connectivity index (χ4n) is 1.59. The molecule has 0 saturated carbocycles. The van der Waals surface area contributed by atoms with E-state index in [1.54, 1.807) is 0 Å². The zero-order chi connectivity index (χ0) is 9.26. The average Bonchev–Trinajstić information content (AvgIpc) is 2.63. The molecule has 1 aliphatic rings. The minimum Gasteiger partial charge on any atom is -0.611 e. The molecule has 13 heavy (non-hydrogen) atoms. The van der Waals surface area contributed by atoms with Crippen molar-refractivity contribution in [2.75, 3.05) is 17.6 Å². The van der Waals surface area contributed by atoms with Gasteiger partial charge in [-0.1, -0.05) is 0 Å². The highest BCUT2D eigenvalue weighted by atomic mass is 32.2. The van der Waals surface area contributed by atoms with Crippen LogP contribution in [0.1, 0.15) is 12.5 Å². The molecule has 0 aliphatic carbocycles. The maximum atomic E-state index is 11.5. The minimum atomic E-state index is -0.811. The van der Waals surface area contributed by atoms with Crippen molar-refractivity contribution < 1.29 is 4.55 Å². The topological polar surface area (TPSA) is 35.1 Å². The van der Waals surface area contributed by atoms with E-state index < -0.39 is 11.2 Å². The van der Waals surface area contributed by atoms with Crippen molar-refractivity contribution >= 4 is 16.9 Å². The lowest BCUT2D eigenvalue weighted by atomic mass is 10.2. The Morgan fingerprint density at radius 2 is 2.38 bits per heavy atom. The molecule has 1 aromatic carbocycles. The van der Waals surface area contributed by atoms with E-state index in [2.05, 4.69) is 11.4 Å². The SMILES string of the molecule is CC[S+]([O-])c1ccc2c(c1)CCN2. The second-order valence-corrected chi connectivity index (χ2v) is 4.87. The van der Waals surface area contributed by atoms with Gasteiger partial charge >= 0.3 is 0 Å². The zero-order valence-electron chi connectivity index (χ0n) is 7.67. The molecular formula is C10H13NOS. The number of nitrogens with one attached hydrogen (secondary N) is 1. The molecule has 0 spiro atoms. The second kappa shape index (κ2) is 3.60. The molecule has 0 radical (unpaired) electrons. The highest BCUT2D eigenvalue weighted by Gasteiger charge is 2.14. The van der Waals surface area contributed by atoms with Crippen molar-refractivity contribution in [2.45, 2.75) is 18.2 Å². The van der Waals surface area contributed by atoms with Crippen LogP contribution in [0, 0.1) is 0 Å². The summed E-state index contributed by atoms with van der Waals surface area (Å²) in [4.78, 5) is 0.963. The van der Waals surface area contributed by atoms with Crippen LogP contribution >= 0.6 is 0 Å². The molecule has 1 aliphatic heterocycles. The summed E-state index contributed by atoms with van der Waals surface area (Å²) >= 11 is -0.811. The van der Waals surface area contributed by atoms with Gasteiger partial charge in [0.15, 0.2) is 4.90 Å². The predicted octanol–water partition coefficient (Wildman–Crippen LogP) is 1.78. The minimum absolute atomic E-state index is 0.701. The van der Waals surface area contributed by atoms with Crippen LogP contribution in [-0.4, -0.2) is 16.9 Å². The van der Waals surface area contributed by atoms with Gasteiger partial charge in [0, 0.05) is 12.2 Å². The highest BCUT2D eigenvalue weighted by Crippen LogP contribution is 2.25. The van der Waals surface area contributed by atoms with Crippen LogP contribution in [0.4, 0.5) is 5.69 Å². The van der Waals surface area contributed by atoms with E-state index in [0.29, 0.717) is 5.75 Å². The van der Waals surface area contributed by atoms with E-state index in [1.807, 2.05) is 19.1 Å². The van der Waals surface area contributed by atoms with Gasteiger partial charge in [0.05, 0.1) is 0 Å². The van der Waals surface area contributed by atoms with E-state index in [1.165, 1.54) is 11.3 Å². The first-order valence-electron chi connectivity index (χ1n) is 4.56. The number of anilines is 1. The number of hydrogen-bond donors (Lipinski definition) is 1. The maximum absolute atomic E-state index is 11.5. The van der Waals surface area contributed by atoms with Gasteiger partial charge in [-0.25, -0.2) is 0 Å². The van der Waals surface area contributed by atoms with Gasteiger partial charge in [-0.2, -0.15) is 0 Å². The molecule has 1 aromatic rings. The molecule has 1 atom stereocenters. The first-order chi connectivity index (χ1) is 6.31. The normalized spacial score (nSPS) is 16.5. The summed E-state index contributed by atoms with van der Waals surface area (Å²) in [6, 6.07) is 6.05. The van der Waals surface area contributed by atoms with Crippen LogP contribution in [0.3, 0.4) is 0 Å². The lowest BCUT2D eigenvalue weighted by Crippen LogP contribution is -2.03. The molecule has 0 aromatic heterocycles. The smallest absolute Gasteiger partial charge is 0.153 e. The standard InChI is InChI=1S/C10H13NOS/c1-2-13(12)9-3-4-10-8(7-9)5-6-11-10/h3-4,7,11H,2,5-6H2,1H3. The molecular weight excluding hydrogens is 182 g/mol. The first-order valence-corrected chi connectivity index (χ1v) is 5.88. The van der Waals surface area contributed by atoms with Crippen LogP contribution in [0.2, 0.25) is 0 Å². The Bertz CT molecular complexity index is 314. The first kappa shape index (κ1) is 8.91. The Morgan fingerprint density at radius 3 is 3.15 bits per heavy atom. The van der Waals surface area contributed by atoms with Crippen LogP contribution in [0.15, 0.2) is 23.1 Å². The number of hydrogen-bond acceptors (Lipinski definition) is 2. The Labute approximate surface area is 81.5 Å². The fraction of sp³-hybridized carbons (Fsp3) is 0.400. The second-order valence-electron chi connectivity index (χ2n) is 3.13. The van der Waals surface area contributed by atoms with Crippen molar-refractivity contribution in [1.82, 2.24) is 0 Å². The molecule has 2 rings (SSSR count). The van der Waals surface area contributed by atoms with Crippen LogP contribution in [-0.2, 0) is 17.6 Å². The van der Waals surface area contributed by atoms with Gasteiger partial charge < -0.3 is 9.87 Å². The summed E-state index contributed by atoms with van der Waals surface area (Å²) in [6.45, 7) is 2.96. The third-order valence-electron chi connectivity index (χ3n) is 2.31. The van der Waals surface area contributed by atoms with Crippen LogP contribution < -0.4 is 5.32 Å². The number of benzene rings is 1. The van der Waals surface area contributed by atoms with Gasteiger partial charge in [-0.3, -0.25) is 0 Å². The molecule has 0 amide bonds. The molecule has 0 bridgehead atoms. The van der Waals surface area contributed by atoms with Gasteiger partial charge in [-0.05, 0) is 48.3 Å². The van der Waals surface area contributed by atoms with Crippen molar-refractivity contribution in [3.05, 3.63) is 23.8 Å². The highest BCUT2D eigenvalue weighted by molar-refractivity contribution is 7.91. The largest absolute Gasteiger partial charge is 0.611 e. The fourth-order valence-corrected chi connectivity index (χ4v) is 2.42. The quantitative estimate of drug-likeness (QED) is 0.730. The van der Waals surface area contributed by atoms with E-state index in [-0.39, 0.29) is 0 Å². The van der Waals surface area contributed by atoms with Crippen molar-refractivity contribution in [1.29, 1.82) is 0 Å². The summed E-state index contributed by atoms with van der Waals surface area (Å²) in [5.41, 5.74) is 2.51. The number of rotatable bonds is 2. The lowest BCUT2D eigenvalue weighted by molar-refractivity contribution is 0.596. The van der Waals surface area contributed by atoms with E-state index in [9.17, 15) is 4.55 Å². The Kier molecular flexibility index (Phi) is 2.47. The van der Waals surface area contributed by atoms with E-state index >= 15 is 0 Å². The summed E-state index contributed by atoms with van der Waals surface area (Å²) in [7, 11) is 0. The molecule has 0 saturated heterocycles. The summed E-state index contributed by atoms with van der Waals surface area (Å²) in [5.74, 6) is 0.701. The monoisotopic (exact) mass is 195 g/mol. The maximum Gasteiger partial charge on any atom is 0.153 e. The lowest BCUT2D eigenvalue weighted by Gasteiger charge is -2.08. The van der Waals surface area contributed by atoms with Crippen LogP contribution in [0.5, 0.6) is 0 Å². The van der Waals surface area contributed by atoms with Crippen molar-refractivity contribution in [3.63, 3.8) is 0 Å². The average molecular weight is 195 g/mol. The third-order valence-corrected chi connectivity index (χ3v) is 3.62. The van der Waals surface area contributed by atoms with Gasteiger partial charge in [0.25, 0.3) is 0 Å². The van der Waals surface area contributed by atoms with Gasteiger partial charge in [-0.15, -0.1) is 0 Å². The molecule has 1 heterocycles. The van der Waals surface area contributed by atoms with Crippen LogP contribution in [0.25, 0.3) is 0 Å². The van der Waals surface area contributed by atoms with Crippen molar-refractivity contribution in [2.24, 2.45) is 0 Å². The van der Waals surface area contributed by atoms with E-state index in [4.69, 9.17) is 0 Å². The molecule has 0 fully saturated rings. The Morgan fingerprint density at radius 1 is 1.54 bits per heavy atom. The number of fused-ring (bicyclic) bond motifs is 1. The molecule has 70 valence electrons. The molecule has 2 nitrogen and oxygen atoms in total. The zero-order valence-corrected chi connectivity index (χ0v) is 8.49. The summed E-state index contributed by atoms with van der Waals surface area (Å²) in [5, 5.41) is 3.29. The predicted molar refractivity (Wildman–Crippen MR) is 55.6 cm³/mol. The Balaban J connectivity index is 2.30. The van der Waals surface area contributed by atoms with Gasteiger partial charge in [0.2, 0.25) is 0 Å². The molecule has 3 heteroatoms. The summed E-state index contributed by atoms with van der Waals surface area (Å²) < 4.78 is 11.5. The van der Waals surface area contributed by atoms with Crippen molar-refractivity contribution in [3.8, 4) is 0 Å². The summed E-state index contributed by atoms with van der Waals surface area (Å²) in [6.07, 6.45) is 1.06.